The minimum atomic E-state index is -1.04. The van der Waals surface area contributed by atoms with Gasteiger partial charge in [0.15, 0.2) is 0 Å². The van der Waals surface area contributed by atoms with E-state index in [0.717, 1.165) is 6.42 Å². The van der Waals surface area contributed by atoms with Gasteiger partial charge in [-0.15, -0.1) is 0 Å². The lowest BCUT2D eigenvalue weighted by Crippen LogP contribution is -2.35. The van der Waals surface area contributed by atoms with Crippen molar-refractivity contribution < 1.29 is 14.7 Å². The summed E-state index contributed by atoms with van der Waals surface area (Å²) in [6.45, 7) is 2.78. The average Bonchev–Trinajstić information content (AvgIpc) is 2.75. The zero-order valence-electron chi connectivity index (χ0n) is 10.4. The Labute approximate surface area is 115 Å². The highest BCUT2D eigenvalue weighted by atomic mass is 35.5. The van der Waals surface area contributed by atoms with Crippen molar-refractivity contribution in [3.8, 4) is 0 Å². The lowest BCUT2D eigenvalue weighted by molar-refractivity contribution is -0.119. The summed E-state index contributed by atoms with van der Waals surface area (Å²) in [4.78, 5) is 28.0. The second-order valence-electron chi connectivity index (χ2n) is 4.47. The molecule has 2 rings (SSSR count). The number of amides is 1. The molecule has 0 bridgehead atoms. The van der Waals surface area contributed by atoms with Crippen LogP contribution >= 0.6 is 11.6 Å². The van der Waals surface area contributed by atoms with Crippen molar-refractivity contribution >= 4 is 29.3 Å². The van der Waals surface area contributed by atoms with Crippen LogP contribution in [0, 0.1) is 0 Å². The number of nitrogens with one attached hydrogen (secondary N) is 1. The highest BCUT2D eigenvalue weighted by molar-refractivity contribution is 6.29. The molecule has 1 saturated heterocycles. The van der Waals surface area contributed by atoms with Crippen molar-refractivity contribution in [2.45, 2.75) is 19.4 Å². The van der Waals surface area contributed by atoms with Crippen LogP contribution in [-0.2, 0) is 4.79 Å². The van der Waals surface area contributed by atoms with Crippen molar-refractivity contribution in [2.24, 2.45) is 0 Å². The van der Waals surface area contributed by atoms with E-state index in [1.807, 2.05) is 4.90 Å². The first-order chi connectivity index (χ1) is 8.95. The molecule has 1 aromatic rings. The molecule has 2 N–H and O–H groups in total. The largest absolute Gasteiger partial charge is 0.478 e. The number of halogens is 1. The summed E-state index contributed by atoms with van der Waals surface area (Å²) < 4.78 is 0. The number of aromatic nitrogens is 1. The van der Waals surface area contributed by atoms with E-state index in [1.165, 1.54) is 19.1 Å². The molecule has 0 saturated carbocycles. The number of aromatic carboxylic acids is 1. The van der Waals surface area contributed by atoms with Gasteiger partial charge in [0.1, 0.15) is 11.0 Å². The number of carbonyl (C=O) groups is 2. The van der Waals surface area contributed by atoms with Crippen LogP contribution < -0.4 is 10.2 Å². The van der Waals surface area contributed by atoms with Gasteiger partial charge in [-0.05, 0) is 18.6 Å². The fourth-order valence-corrected chi connectivity index (χ4v) is 2.35. The zero-order chi connectivity index (χ0) is 14.0. The monoisotopic (exact) mass is 283 g/mol. The van der Waals surface area contributed by atoms with E-state index in [4.69, 9.17) is 16.7 Å². The quantitative estimate of drug-likeness (QED) is 0.813. The minimum Gasteiger partial charge on any atom is -0.478 e. The van der Waals surface area contributed by atoms with Gasteiger partial charge in [0, 0.05) is 26.1 Å². The van der Waals surface area contributed by atoms with E-state index >= 15 is 0 Å². The summed E-state index contributed by atoms with van der Waals surface area (Å²) in [7, 11) is 0. The Morgan fingerprint density at radius 1 is 1.53 bits per heavy atom. The highest BCUT2D eigenvalue weighted by Gasteiger charge is 2.24. The van der Waals surface area contributed by atoms with Gasteiger partial charge in [-0.2, -0.15) is 0 Å². The number of anilines is 1. The van der Waals surface area contributed by atoms with E-state index in [0.29, 0.717) is 18.9 Å². The molecule has 6 nitrogen and oxygen atoms in total. The fourth-order valence-electron chi connectivity index (χ4n) is 2.14. The molecule has 1 aromatic heterocycles. The third-order valence-corrected chi connectivity index (χ3v) is 3.14. The molecule has 7 heteroatoms. The first-order valence-corrected chi connectivity index (χ1v) is 6.26. The van der Waals surface area contributed by atoms with Crippen LogP contribution in [0.3, 0.4) is 0 Å². The van der Waals surface area contributed by atoms with Gasteiger partial charge in [0.25, 0.3) is 0 Å². The molecule has 0 aromatic carbocycles. The van der Waals surface area contributed by atoms with E-state index in [-0.39, 0.29) is 22.7 Å². The van der Waals surface area contributed by atoms with E-state index in [9.17, 15) is 9.59 Å². The molecule has 1 aliphatic heterocycles. The molecule has 102 valence electrons. The van der Waals surface area contributed by atoms with Crippen LogP contribution in [0.1, 0.15) is 23.7 Å². The maximum absolute atomic E-state index is 11.0. The number of rotatable bonds is 3. The molecule has 1 atom stereocenters. The molecule has 19 heavy (non-hydrogen) atoms. The van der Waals surface area contributed by atoms with Crippen molar-refractivity contribution in [1.29, 1.82) is 0 Å². The maximum Gasteiger partial charge on any atom is 0.335 e. The Morgan fingerprint density at radius 3 is 2.89 bits per heavy atom. The van der Waals surface area contributed by atoms with E-state index in [2.05, 4.69) is 10.3 Å². The van der Waals surface area contributed by atoms with Crippen LogP contribution in [0.4, 0.5) is 5.82 Å². The van der Waals surface area contributed by atoms with Gasteiger partial charge in [0.2, 0.25) is 5.91 Å². The topological polar surface area (TPSA) is 82.5 Å². The Kier molecular flexibility index (Phi) is 3.90. The van der Waals surface area contributed by atoms with Crippen LogP contribution in [0.15, 0.2) is 12.1 Å². The number of hydrogen-bond acceptors (Lipinski definition) is 4. The molecular weight excluding hydrogens is 270 g/mol. The first kappa shape index (κ1) is 13.6. The zero-order valence-corrected chi connectivity index (χ0v) is 11.1. The van der Waals surface area contributed by atoms with E-state index < -0.39 is 5.97 Å². The molecule has 1 fully saturated rings. The molecule has 0 radical (unpaired) electrons. The summed E-state index contributed by atoms with van der Waals surface area (Å²) in [5.41, 5.74) is 0.109. The molecular formula is C12H14ClN3O3. The number of carbonyl (C=O) groups excluding carboxylic acids is 1. The van der Waals surface area contributed by atoms with Gasteiger partial charge in [-0.1, -0.05) is 11.6 Å². The normalized spacial score (nSPS) is 18.4. The van der Waals surface area contributed by atoms with E-state index in [1.54, 1.807) is 0 Å². The summed E-state index contributed by atoms with van der Waals surface area (Å²) in [5, 5.41) is 12.0. The lowest BCUT2D eigenvalue weighted by Gasteiger charge is -2.18. The number of carboxylic acid groups (broad SMARTS) is 1. The molecule has 2 heterocycles. The molecule has 0 aliphatic carbocycles. The molecule has 1 aliphatic rings. The average molecular weight is 284 g/mol. The lowest BCUT2D eigenvalue weighted by atomic mass is 10.2. The van der Waals surface area contributed by atoms with Crippen molar-refractivity contribution in [3.05, 3.63) is 22.8 Å². The van der Waals surface area contributed by atoms with Crippen LogP contribution in [0.2, 0.25) is 5.15 Å². The van der Waals surface area contributed by atoms with Gasteiger partial charge in [0.05, 0.1) is 5.56 Å². The second-order valence-corrected chi connectivity index (χ2v) is 4.86. The Bertz CT molecular complexity index is 521. The molecule has 1 amide bonds. The number of hydrogen-bond donors (Lipinski definition) is 2. The Balaban J connectivity index is 2.15. The molecule has 1 unspecified atom stereocenters. The third-order valence-electron chi connectivity index (χ3n) is 2.95. The van der Waals surface area contributed by atoms with Crippen molar-refractivity contribution in [2.75, 3.05) is 18.0 Å². The van der Waals surface area contributed by atoms with Gasteiger partial charge in [-0.3, -0.25) is 4.79 Å². The van der Waals surface area contributed by atoms with Crippen molar-refractivity contribution in [3.63, 3.8) is 0 Å². The van der Waals surface area contributed by atoms with Crippen LogP contribution in [-0.4, -0.2) is 41.1 Å². The molecule has 0 spiro atoms. The Hall–Kier alpha value is -1.82. The predicted octanol–water partition coefficient (Wildman–Crippen LogP) is 1.15. The second kappa shape index (κ2) is 5.44. The summed E-state index contributed by atoms with van der Waals surface area (Å²) >= 11 is 5.82. The summed E-state index contributed by atoms with van der Waals surface area (Å²) in [6.07, 6.45) is 0.802. The standard InChI is InChI=1S/C12H14ClN3O3/c1-7(17)14-9-2-3-16(6-9)11-5-8(12(18)19)4-10(13)15-11/h4-5,9H,2-3,6H2,1H3,(H,14,17)(H,18,19). The number of pyridine rings is 1. The maximum atomic E-state index is 11.0. The summed E-state index contributed by atoms with van der Waals surface area (Å²) in [5.74, 6) is -0.585. The Morgan fingerprint density at radius 2 is 2.26 bits per heavy atom. The summed E-state index contributed by atoms with van der Waals surface area (Å²) in [6, 6.07) is 2.87. The first-order valence-electron chi connectivity index (χ1n) is 5.88. The van der Waals surface area contributed by atoms with Crippen LogP contribution in [0.5, 0.6) is 0 Å². The number of carboxylic acids is 1. The third kappa shape index (κ3) is 3.35. The minimum absolute atomic E-state index is 0.0616. The van der Waals surface area contributed by atoms with Crippen molar-refractivity contribution in [1.82, 2.24) is 10.3 Å². The fraction of sp³-hybridized carbons (Fsp3) is 0.417. The highest BCUT2D eigenvalue weighted by Crippen LogP contribution is 2.22. The smallest absolute Gasteiger partial charge is 0.335 e. The van der Waals surface area contributed by atoms with Gasteiger partial charge in [-0.25, -0.2) is 9.78 Å². The van der Waals surface area contributed by atoms with Crippen LogP contribution in [0.25, 0.3) is 0 Å². The van der Waals surface area contributed by atoms with Gasteiger partial charge < -0.3 is 15.3 Å². The SMILES string of the molecule is CC(=O)NC1CCN(c2cc(C(=O)O)cc(Cl)n2)C1. The van der Waals surface area contributed by atoms with Gasteiger partial charge >= 0.3 is 5.97 Å². The number of nitrogens with zero attached hydrogens (tertiary/aromatic N) is 2. The predicted molar refractivity (Wildman–Crippen MR) is 70.6 cm³/mol.